The van der Waals surface area contributed by atoms with Crippen LogP contribution >= 0.6 is 0 Å². The van der Waals surface area contributed by atoms with Gasteiger partial charge in [-0.25, -0.2) is 4.79 Å². The van der Waals surface area contributed by atoms with Crippen molar-refractivity contribution in [2.24, 2.45) is 11.7 Å². The van der Waals surface area contributed by atoms with Crippen LogP contribution in [0.2, 0.25) is 0 Å². The predicted octanol–water partition coefficient (Wildman–Crippen LogP) is 3.75. The summed E-state index contributed by atoms with van der Waals surface area (Å²) in [6.07, 6.45) is 4.09. The van der Waals surface area contributed by atoms with E-state index in [0.29, 0.717) is 42.1 Å². The Bertz CT molecular complexity index is 1200. The Kier molecular flexibility index (Phi) is 6.81. The molecule has 0 spiro atoms. The molecule has 1 heterocycles. The highest BCUT2D eigenvalue weighted by atomic mass is 16.5. The number of primary amides is 1. The van der Waals surface area contributed by atoms with Gasteiger partial charge in [0.2, 0.25) is 11.8 Å². The second-order valence-corrected chi connectivity index (χ2v) is 8.33. The molecule has 9 heteroatoms. The standard InChI is InChI=1S/C25H30N4O5/c1-3-34-21-13-16(9-10-20(21)33-2)19(11-12-27-25(26)32)29-14-17-5-4-6-18(22(17)24(29)31)28-23(30)15-7-8-15/h4-6,9-10,13-15,19,31H,3,7-8,11-12H2,1-2H3,(H,28,30)(H3,26,27,32). The average molecular weight is 467 g/mol. The fourth-order valence-electron chi connectivity index (χ4n) is 4.16. The topological polar surface area (TPSA) is 128 Å². The van der Waals surface area contributed by atoms with Crippen molar-refractivity contribution in [1.29, 1.82) is 0 Å². The number of nitrogens with one attached hydrogen (secondary N) is 2. The van der Waals surface area contributed by atoms with Crippen molar-refractivity contribution >= 4 is 28.4 Å². The third kappa shape index (κ3) is 4.88. The van der Waals surface area contributed by atoms with Crippen molar-refractivity contribution in [1.82, 2.24) is 9.88 Å². The number of rotatable bonds is 10. The largest absolute Gasteiger partial charge is 0.494 e. The van der Waals surface area contributed by atoms with Gasteiger partial charge in [0.1, 0.15) is 0 Å². The molecule has 5 N–H and O–H groups in total. The number of hydrogen-bond donors (Lipinski definition) is 4. The van der Waals surface area contributed by atoms with Crippen LogP contribution < -0.4 is 25.8 Å². The zero-order chi connectivity index (χ0) is 24.2. The van der Waals surface area contributed by atoms with Gasteiger partial charge in [0.15, 0.2) is 11.5 Å². The normalized spacial score (nSPS) is 13.9. The quantitative estimate of drug-likeness (QED) is 0.362. The Morgan fingerprint density at radius 3 is 2.71 bits per heavy atom. The molecule has 1 aliphatic rings. The van der Waals surface area contributed by atoms with Crippen LogP contribution in [0.4, 0.5) is 10.5 Å². The van der Waals surface area contributed by atoms with E-state index < -0.39 is 6.03 Å². The van der Waals surface area contributed by atoms with Crippen molar-refractivity contribution in [3.8, 4) is 17.4 Å². The molecule has 1 aromatic heterocycles. The maximum Gasteiger partial charge on any atom is 0.312 e. The first-order valence-corrected chi connectivity index (χ1v) is 11.4. The molecule has 4 rings (SSSR count). The molecule has 1 saturated carbocycles. The Morgan fingerprint density at radius 1 is 1.24 bits per heavy atom. The summed E-state index contributed by atoms with van der Waals surface area (Å²) in [5, 5.41) is 18.2. The van der Waals surface area contributed by atoms with Gasteiger partial charge in [0.05, 0.1) is 30.8 Å². The summed E-state index contributed by atoms with van der Waals surface area (Å²) in [4.78, 5) is 23.6. The number of nitrogens with zero attached hydrogens (tertiary/aromatic N) is 1. The lowest BCUT2D eigenvalue weighted by molar-refractivity contribution is -0.117. The van der Waals surface area contributed by atoms with Gasteiger partial charge in [-0.3, -0.25) is 4.79 Å². The van der Waals surface area contributed by atoms with Gasteiger partial charge in [0, 0.05) is 24.0 Å². The molecule has 1 fully saturated rings. The number of urea groups is 1. The number of methoxy groups -OCH3 is 1. The second kappa shape index (κ2) is 9.94. The third-order valence-electron chi connectivity index (χ3n) is 5.97. The lowest BCUT2D eigenvalue weighted by atomic mass is 10.0. The predicted molar refractivity (Wildman–Crippen MR) is 129 cm³/mol. The number of aromatic nitrogens is 1. The Labute approximate surface area is 197 Å². The number of benzene rings is 2. The van der Waals surface area contributed by atoms with Crippen LogP contribution in [0.15, 0.2) is 42.6 Å². The highest BCUT2D eigenvalue weighted by Crippen LogP contribution is 2.40. The zero-order valence-electron chi connectivity index (χ0n) is 19.3. The molecule has 1 atom stereocenters. The summed E-state index contributed by atoms with van der Waals surface area (Å²) in [7, 11) is 1.58. The van der Waals surface area contributed by atoms with Gasteiger partial charge in [-0.05, 0) is 49.9 Å². The second-order valence-electron chi connectivity index (χ2n) is 8.33. The fraction of sp³-hybridized carbons (Fsp3) is 0.360. The Hall–Kier alpha value is -3.88. The number of ether oxygens (including phenoxy) is 2. The van der Waals surface area contributed by atoms with E-state index >= 15 is 0 Å². The van der Waals surface area contributed by atoms with E-state index in [2.05, 4.69) is 10.6 Å². The number of nitrogens with two attached hydrogens (primary N) is 1. The lowest BCUT2D eigenvalue weighted by Gasteiger charge is -2.22. The van der Waals surface area contributed by atoms with Crippen molar-refractivity contribution in [2.75, 3.05) is 25.6 Å². The number of fused-ring (bicyclic) bond motifs is 1. The van der Waals surface area contributed by atoms with Gasteiger partial charge in [-0.1, -0.05) is 18.2 Å². The van der Waals surface area contributed by atoms with Crippen molar-refractivity contribution in [3.05, 3.63) is 48.2 Å². The van der Waals surface area contributed by atoms with Gasteiger partial charge >= 0.3 is 6.03 Å². The zero-order valence-corrected chi connectivity index (χ0v) is 19.3. The first-order valence-electron chi connectivity index (χ1n) is 11.4. The van der Waals surface area contributed by atoms with Crippen LogP contribution in [0.25, 0.3) is 10.8 Å². The summed E-state index contributed by atoms with van der Waals surface area (Å²) < 4.78 is 12.9. The molecular weight excluding hydrogens is 436 g/mol. The molecule has 0 radical (unpaired) electrons. The maximum atomic E-state index is 12.4. The highest BCUT2D eigenvalue weighted by molar-refractivity contribution is 6.05. The summed E-state index contributed by atoms with van der Waals surface area (Å²) in [6.45, 7) is 2.66. The fourth-order valence-corrected chi connectivity index (χ4v) is 4.16. The van der Waals surface area contributed by atoms with Gasteiger partial charge in [-0.15, -0.1) is 0 Å². The average Bonchev–Trinajstić information content (AvgIpc) is 3.61. The van der Waals surface area contributed by atoms with Crippen molar-refractivity contribution in [2.45, 2.75) is 32.2 Å². The minimum absolute atomic E-state index is 0.0274. The molecule has 1 unspecified atom stereocenters. The molecule has 0 bridgehead atoms. The number of carbonyl (C=O) groups is 2. The number of carbonyl (C=O) groups excluding carboxylic acids is 2. The smallest absolute Gasteiger partial charge is 0.312 e. The van der Waals surface area contributed by atoms with Gasteiger partial charge in [0.25, 0.3) is 0 Å². The van der Waals surface area contributed by atoms with E-state index in [1.165, 1.54) is 0 Å². The van der Waals surface area contributed by atoms with Gasteiger partial charge < -0.3 is 35.5 Å². The van der Waals surface area contributed by atoms with Crippen LogP contribution in [0.1, 0.15) is 37.8 Å². The molecule has 180 valence electrons. The molecule has 2 aromatic carbocycles. The molecule has 0 saturated heterocycles. The first kappa shape index (κ1) is 23.3. The molecule has 0 aliphatic heterocycles. The van der Waals surface area contributed by atoms with E-state index in [4.69, 9.17) is 15.2 Å². The molecule has 1 aliphatic carbocycles. The number of aromatic hydroxyl groups is 1. The van der Waals surface area contributed by atoms with Crippen molar-refractivity contribution < 1.29 is 24.2 Å². The molecule has 3 amide bonds. The lowest BCUT2D eigenvalue weighted by Crippen LogP contribution is -2.31. The Morgan fingerprint density at radius 2 is 2.03 bits per heavy atom. The molecule has 3 aromatic rings. The number of anilines is 1. The van der Waals surface area contributed by atoms with Gasteiger partial charge in [-0.2, -0.15) is 0 Å². The monoisotopic (exact) mass is 466 g/mol. The molecular formula is C25H30N4O5. The maximum absolute atomic E-state index is 12.4. The van der Waals surface area contributed by atoms with Crippen LogP contribution in [0, 0.1) is 5.92 Å². The summed E-state index contributed by atoms with van der Waals surface area (Å²) in [5.74, 6) is 1.23. The highest BCUT2D eigenvalue weighted by Gasteiger charge is 2.30. The third-order valence-corrected chi connectivity index (χ3v) is 5.97. The van der Waals surface area contributed by atoms with Crippen LogP contribution in [-0.4, -0.2) is 41.9 Å². The summed E-state index contributed by atoms with van der Waals surface area (Å²) >= 11 is 0. The van der Waals surface area contributed by atoms with E-state index in [9.17, 15) is 14.7 Å². The molecule has 34 heavy (non-hydrogen) atoms. The van der Waals surface area contributed by atoms with Crippen LogP contribution in [0.5, 0.6) is 17.4 Å². The van der Waals surface area contributed by atoms with Crippen LogP contribution in [0.3, 0.4) is 0 Å². The summed E-state index contributed by atoms with van der Waals surface area (Å²) in [5.41, 5.74) is 6.69. The number of hydrogen-bond acceptors (Lipinski definition) is 5. The van der Waals surface area contributed by atoms with Crippen molar-refractivity contribution in [3.63, 3.8) is 0 Å². The van der Waals surface area contributed by atoms with E-state index in [0.717, 1.165) is 23.8 Å². The van der Waals surface area contributed by atoms with E-state index in [1.807, 2.05) is 43.5 Å². The van der Waals surface area contributed by atoms with Crippen LogP contribution in [-0.2, 0) is 4.79 Å². The SMILES string of the molecule is CCOc1cc(C(CCNC(N)=O)n2cc3cccc(NC(=O)C4CC4)c3c2O)ccc1OC. The minimum Gasteiger partial charge on any atom is -0.494 e. The first-order chi connectivity index (χ1) is 16.4. The molecule has 9 nitrogen and oxygen atoms in total. The number of amides is 3. The van der Waals surface area contributed by atoms with E-state index in [1.54, 1.807) is 17.7 Å². The minimum atomic E-state index is -0.615. The Balaban J connectivity index is 1.76. The van der Waals surface area contributed by atoms with E-state index in [-0.39, 0.29) is 23.7 Å². The summed E-state index contributed by atoms with van der Waals surface area (Å²) in [6, 6.07) is 10.1.